The van der Waals surface area contributed by atoms with Crippen LogP contribution in [-0.4, -0.2) is 48.2 Å². The number of rotatable bonds is 13. The van der Waals surface area contributed by atoms with Crippen LogP contribution in [0, 0.1) is 23.3 Å². The number of nitrogens with one attached hydrogen (secondary N) is 3. The van der Waals surface area contributed by atoms with Crippen LogP contribution in [0.25, 0.3) is 0 Å². The second kappa shape index (κ2) is 16.5. The molecule has 3 rings (SSSR count). The van der Waals surface area contributed by atoms with Crippen molar-refractivity contribution in [2.75, 3.05) is 11.9 Å². The smallest absolute Gasteiger partial charge is 0.313 e. The first-order valence-corrected chi connectivity index (χ1v) is 14.8. The van der Waals surface area contributed by atoms with Crippen LogP contribution in [0.1, 0.15) is 51.7 Å². The van der Waals surface area contributed by atoms with Crippen LogP contribution < -0.4 is 20.7 Å². The van der Waals surface area contributed by atoms with Crippen molar-refractivity contribution in [1.82, 2.24) is 10.6 Å². The lowest BCUT2D eigenvalue weighted by molar-refractivity contribution is -0.145. The zero-order valence-electron chi connectivity index (χ0n) is 26.6. The molecule has 3 amide bonds. The maximum Gasteiger partial charge on any atom is 0.313 e. The lowest BCUT2D eigenvalue weighted by Gasteiger charge is -2.23. The predicted octanol–water partition coefficient (Wildman–Crippen LogP) is 4.64. The molecule has 0 aliphatic heterocycles. The van der Waals surface area contributed by atoms with E-state index in [1.54, 1.807) is 54.6 Å². The Balaban J connectivity index is 1.68. The first kappa shape index (κ1) is 37.2. The number of hydrogen-bond donors (Lipinski definition) is 3. The topological polar surface area (TPSA) is 140 Å². The summed E-state index contributed by atoms with van der Waals surface area (Å²) < 4.78 is 65.3. The highest BCUT2D eigenvalue weighted by atomic mass is 19.2. The van der Waals surface area contributed by atoms with Gasteiger partial charge in [0, 0.05) is 18.2 Å². The molecule has 0 unspecified atom stereocenters. The van der Waals surface area contributed by atoms with Crippen LogP contribution >= 0.6 is 0 Å². The molecule has 3 aromatic carbocycles. The van der Waals surface area contributed by atoms with E-state index in [0.29, 0.717) is 11.3 Å². The molecule has 256 valence electrons. The molecule has 14 heteroatoms. The van der Waals surface area contributed by atoms with E-state index in [9.17, 15) is 41.5 Å². The van der Waals surface area contributed by atoms with Crippen LogP contribution in [-0.2, 0) is 40.7 Å². The molecular weight excluding hydrogens is 638 g/mol. The average Bonchev–Trinajstić information content (AvgIpc) is 3.04. The van der Waals surface area contributed by atoms with E-state index in [0.717, 1.165) is 5.56 Å². The normalized spacial score (nSPS) is 12.3. The highest BCUT2D eigenvalue weighted by molar-refractivity contribution is 6.40. The molecule has 3 aromatic rings. The summed E-state index contributed by atoms with van der Waals surface area (Å²) in [6, 6.07) is 12.5. The average molecular weight is 674 g/mol. The maximum absolute atomic E-state index is 14.1. The van der Waals surface area contributed by atoms with E-state index in [2.05, 4.69) is 16.0 Å². The standard InChI is InChI=1S/C34H35F4N3O7/c1-19(39-32(45)33(46)40-24-13-9-8-12-21(24)34(2,3)4)31(44)41-25(14-15-27(43)47-17-20-10-6-5-7-11-20)26(42)18-48-30-28(37)22(35)16-23(36)29(30)38/h5-13,16,19,25H,14-15,17-18H2,1-4H3,(H,39,45)(H,40,46)(H,41,44)/t19-,25-/m0/s1. The summed E-state index contributed by atoms with van der Waals surface area (Å²) in [5.74, 6) is -13.8. The monoisotopic (exact) mass is 673 g/mol. The molecule has 3 N–H and O–H groups in total. The highest BCUT2D eigenvalue weighted by Gasteiger charge is 2.29. The molecule has 0 aromatic heterocycles. The number of Topliss-reactive ketones (excluding diaryl/α,β-unsaturated/α-hetero) is 1. The fraction of sp³-hybridized carbons (Fsp3) is 0.324. The molecule has 10 nitrogen and oxygen atoms in total. The Kier molecular flexibility index (Phi) is 12.8. The van der Waals surface area contributed by atoms with Crippen molar-refractivity contribution in [3.05, 3.63) is 95.1 Å². The van der Waals surface area contributed by atoms with Crippen molar-refractivity contribution < 1.29 is 51.0 Å². The number of carbonyl (C=O) groups is 5. The van der Waals surface area contributed by atoms with Gasteiger partial charge in [-0.25, -0.2) is 8.78 Å². The third-order valence-corrected chi connectivity index (χ3v) is 6.95. The highest BCUT2D eigenvalue weighted by Crippen LogP contribution is 2.29. The third-order valence-electron chi connectivity index (χ3n) is 6.95. The number of para-hydroxylation sites is 1. The van der Waals surface area contributed by atoms with Crippen LogP contribution in [0.15, 0.2) is 60.7 Å². The minimum Gasteiger partial charge on any atom is -0.479 e. The zero-order chi connectivity index (χ0) is 35.6. The largest absolute Gasteiger partial charge is 0.479 e. The molecule has 0 saturated heterocycles. The lowest BCUT2D eigenvalue weighted by Crippen LogP contribution is -2.52. The van der Waals surface area contributed by atoms with Gasteiger partial charge < -0.3 is 25.4 Å². The molecule has 0 aliphatic rings. The minimum atomic E-state index is -1.88. The Morgan fingerprint density at radius 2 is 1.42 bits per heavy atom. The van der Waals surface area contributed by atoms with Crippen LogP contribution in [0.2, 0.25) is 0 Å². The zero-order valence-corrected chi connectivity index (χ0v) is 26.6. The number of halogens is 4. The Morgan fingerprint density at radius 3 is 2.04 bits per heavy atom. The summed E-state index contributed by atoms with van der Waals surface area (Å²) in [4.78, 5) is 63.7. The van der Waals surface area contributed by atoms with Crippen LogP contribution in [0.3, 0.4) is 0 Å². The van der Waals surface area contributed by atoms with Gasteiger partial charge in [0.25, 0.3) is 0 Å². The first-order chi connectivity index (χ1) is 22.6. The minimum absolute atomic E-state index is 0.0390. The van der Waals surface area contributed by atoms with E-state index in [4.69, 9.17) is 9.47 Å². The van der Waals surface area contributed by atoms with E-state index in [1.165, 1.54) is 6.92 Å². The van der Waals surface area contributed by atoms with Gasteiger partial charge in [0.15, 0.2) is 23.2 Å². The summed E-state index contributed by atoms with van der Waals surface area (Å²) in [5.41, 5.74) is 1.45. The first-order valence-electron chi connectivity index (χ1n) is 14.8. The summed E-state index contributed by atoms with van der Waals surface area (Å²) in [7, 11) is 0. The molecule has 0 saturated carbocycles. The van der Waals surface area contributed by atoms with Crippen molar-refractivity contribution in [3.63, 3.8) is 0 Å². The fourth-order valence-corrected chi connectivity index (χ4v) is 4.36. The number of ether oxygens (including phenoxy) is 2. The summed E-state index contributed by atoms with van der Waals surface area (Å²) in [6.45, 7) is 5.72. The molecule has 0 bridgehead atoms. The second-order valence-electron chi connectivity index (χ2n) is 11.7. The van der Waals surface area contributed by atoms with E-state index in [-0.39, 0.29) is 18.1 Å². The molecule has 2 atom stereocenters. The van der Waals surface area contributed by atoms with Gasteiger partial charge >= 0.3 is 17.8 Å². The van der Waals surface area contributed by atoms with Gasteiger partial charge in [-0.15, -0.1) is 0 Å². The third kappa shape index (κ3) is 10.4. The summed E-state index contributed by atoms with van der Waals surface area (Å²) in [5, 5.41) is 7.02. The van der Waals surface area contributed by atoms with Gasteiger partial charge in [0.1, 0.15) is 19.3 Å². The number of amides is 3. The molecule has 0 radical (unpaired) electrons. The van der Waals surface area contributed by atoms with Crippen LogP contribution in [0.4, 0.5) is 23.2 Å². The quantitative estimate of drug-likeness (QED) is 0.104. The van der Waals surface area contributed by atoms with E-state index in [1.807, 2.05) is 20.8 Å². The van der Waals surface area contributed by atoms with Gasteiger partial charge in [-0.2, -0.15) is 8.78 Å². The Morgan fingerprint density at radius 1 is 0.812 bits per heavy atom. The summed E-state index contributed by atoms with van der Waals surface area (Å²) >= 11 is 0. The van der Waals surface area contributed by atoms with Crippen molar-refractivity contribution in [2.24, 2.45) is 0 Å². The lowest BCUT2D eigenvalue weighted by atomic mass is 9.86. The number of benzene rings is 3. The van der Waals surface area contributed by atoms with E-state index < -0.39 is 90.0 Å². The van der Waals surface area contributed by atoms with Gasteiger partial charge in [-0.05, 0) is 36.0 Å². The van der Waals surface area contributed by atoms with Gasteiger partial charge in [0.2, 0.25) is 17.5 Å². The van der Waals surface area contributed by atoms with Crippen molar-refractivity contribution >= 4 is 35.2 Å². The Hall–Kier alpha value is -5.27. The molecule has 0 spiro atoms. The number of anilines is 1. The second-order valence-corrected chi connectivity index (χ2v) is 11.7. The van der Waals surface area contributed by atoms with Gasteiger partial charge in [0.05, 0.1) is 6.04 Å². The van der Waals surface area contributed by atoms with Crippen molar-refractivity contribution in [2.45, 2.75) is 64.6 Å². The summed E-state index contributed by atoms with van der Waals surface area (Å²) in [6.07, 6.45) is -0.814. The molecular formula is C34H35F4N3O7. The van der Waals surface area contributed by atoms with Gasteiger partial charge in [-0.3, -0.25) is 24.0 Å². The SMILES string of the molecule is C[C@H](NC(=O)C(=O)Nc1ccccc1C(C)(C)C)C(=O)N[C@@H](CCC(=O)OCc1ccccc1)C(=O)COc1c(F)c(F)cc(F)c1F. The Bertz CT molecular complexity index is 1640. The molecule has 0 fully saturated rings. The molecule has 48 heavy (non-hydrogen) atoms. The molecule has 0 aliphatic carbocycles. The van der Waals surface area contributed by atoms with Gasteiger partial charge in [-0.1, -0.05) is 69.3 Å². The number of carbonyl (C=O) groups excluding carboxylic acids is 5. The Labute approximate surface area is 274 Å². The fourth-order valence-electron chi connectivity index (χ4n) is 4.36. The number of esters is 1. The van der Waals surface area contributed by atoms with Crippen molar-refractivity contribution in [3.8, 4) is 5.75 Å². The number of ketones is 1. The van der Waals surface area contributed by atoms with E-state index >= 15 is 0 Å². The predicted molar refractivity (Wildman–Crippen MR) is 166 cm³/mol. The number of hydrogen-bond acceptors (Lipinski definition) is 7. The maximum atomic E-state index is 14.1. The molecule has 0 heterocycles. The van der Waals surface area contributed by atoms with Crippen LogP contribution in [0.5, 0.6) is 5.75 Å². The van der Waals surface area contributed by atoms with Crippen molar-refractivity contribution in [1.29, 1.82) is 0 Å².